The maximum atomic E-state index is 11.9. The molecule has 0 atom stereocenters. The van der Waals surface area contributed by atoms with Crippen LogP contribution in [0.5, 0.6) is 0 Å². The molecule has 0 amide bonds. The fraction of sp³-hybridized carbons (Fsp3) is 0.308. The number of hydrogen-bond acceptors (Lipinski definition) is 1. The van der Waals surface area contributed by atoms with E-state index in [0.717, 1.165) is 27.7 Å². The molecule has 1 N–H and O–H groups in total. The van der Waals surface area contributed by atoms with Gasteiger partial charge in [-0.25, -0.2) is 4.68 Å². The molecule has 1 aromatic heterocycles. The zero-order chi connectivity index (χ0) is 12.4. The Morgan fingerprint density at radius 1 is 1.29 bits per heavy atom. The molecule has 1 aromatic carbocycles. The van der Waals surface area contributed by atoms with Crippen LogP contribution in [0.2, 0.25) is 0 Å². The van der Waals surface area contributed by atoms with E-state index in [1.807, 2.05) is 38.1 Å². The van der Waals surface area contributed by atoms with Crippen LogP contribution >= 0.6 is 15.9 Å². The van der Waals surface area contributed by atoms with Crippen LogP contribution in [-0.4, -0.2) is 9.78 Å². The lowest BCUT2D eigenvalue weighted by Gasteiger charge is -2.02. The van der Waals surface area contributed by atoms with Gasteiger partial charge in [0.2, 0.25) is 0 Å². The smallest absolute Gasteiger partial charge is 0.269 e. The first-order chi connectivity index (χ1) is 8.11. The highest BCUT2D eigenvalue weighted by Gasteiger charge is 2.08. The fourth-order valence-corrected chi connectivity index (χ4v) is 2.12. The van der Waals surface area contributed by atoms with Crippen LogP contribution in [0, 0.1) is 6.92 Å². The number of hydrogen-bond donors (Lipinski definition) is 1. The molecule has 0 saturated heterocycles. The standard InChI is InChI=1S/C13H15BrN2O/c1-3-12-9(2)13(17)16(15-12)8-10-4-6-11(14)7-5-10/h4-7,15H,3,8H2,1-2H3. The molecule has 0 aliphatic heterocycles. The Labute approximate surface area is 109 Å². The summed E-state index contributed by atoms with van der Waals surface area (Å²) in [6.45, 7) is 4.50. The quantitative estimate of drug-likeness (QED) is 0.929. The number of aryl methyl sites for hydroxylation is 1. The summed E-state index contributed by atoms with van der Waals surface area (Å²) in [5, 5.41) is 3.15. The van der Waals surface area contributed by atoms with Crippen molar-refractivity contribution in [1.29, 1.82) is 0 Å². The molecule has 90 valence electrons. The van der Waals surface area contributed by atoms with E-state index in [-0.39, 0.29) is 5.56 Å². The first kappa shape index (κ1) is 12.2. The van der Waals surface area contributed by atoms with Gasteiger partial charge >= 0.3 is 0 Å². The molecule has 0 unspecified atom stereocenters. The van der Waals surface area contributed by atoms with Crippen molar-refractivity contribution >= 4 is 15.9 Å². The lowest BCUT2D eigenvalue weighted by Crippen LogP contribution is -2.18. The summed E-state index contributed by atoms with van der Waals surface area (Å²) in [5.41, 5.74) is 3.03. The Morgan fingerprint density at radius 2 is 1.94 bits per heavy atom. The van der Waals surface area contributed by atoms with Crippen LogP contribution in [0.3, 0.4) is 0 Å². The number of rotatable bonds is 3. The van der Waals surface area contributed by atoms with E-state index < -0.39 is 0 Å². The number of aromatic amines is 1. The predicted molar refractivity (Wildman–Crippen MR) is 72.4 cm³/mol. The third kappa shape index (κ3) is 2.52. The monoisotopic (exact) mass is 294 g/mol. The van der Waals surface area contributed by atoms with E-state index in [4.69, 9.17) is 0 Å². The summed E-state index contributed by atoms with van der Waals surface area (Å²) in [6, 6.07) is 7.99. The van der Waals surface area contributed by atoms with E-state index >= 15 is 0 Å². The summed E-state index contributed by atoms with van der Waals surface area (Å²) < 4.78 is 2.71. The van der Waals surface area contributed by atoms with E-state index in [1.165, 1.54) is 0 Å². The molecule has 0 saturated carbocycles. The average molecular weight is 295 g/mol. The molecule has 0 fully saturated rings. The Kier molecular flexibility index (Phi) is 3.52. The van der Waals surface area contributed by atoms with Crippen molar-refractivity contribution in [1.82, 2.24) is 9.78 Å². The fourth-order valence-electron chi connectivity index (χ4n) is 1.86. The van der Waals surface area contributed by atoms with Crippen LogP contribution in [0.15, 0.2) is 33.5 Å². The predicted octanol–water partition coefficient (Wildman–Crippen LogP) is 2.86. The van der Waals surface area contributed by atoms with Gasteiger partial charge in [-0.3, -0.25) is 9.89 Å². The summed E-state index contributed by atoms with van der Waals surface area (Å²) in [6.07, 6.45) is 0.856. The van der Waals surface area contributed by atoms with Gasteiger partial charge in [0, 0.05) is 15.7 Å². The largest absolute Gasteiger partial charge is 0.299 e. The van der Waals surface area contributed by atoms with Crippen molar-refractivity contribution in [2.24, 2.45) is 0 Å². The van der Waals surface area contributed by atoms with Gasteiger partial charge in [0.05, 0.1) is 6.54 Å². The molecule has 3 nitrogen and oxygen atoms in total. The maximum absolute atomic E-state index is 11.9. The summed E-state index contributed by atoms with van der Waals surface area (Å²) in [5.74, 6) is 0. The third-order valence-corrected chi connectivity index (χ3v) is 3.42. The molecule has 0 radical (unpaired) electrons. The average Bonchev–Trinajstić information content (AvgIpc) is 2.60. The van der Waals surface area contributed by atoms with Crippen molar-refractivity contribution in [3.8, 4) is 0 Å². The highest BCUT2D eigenvalue weighted by molar-refractivity contribution is 9.10. The van der Waals surface area contributed by atoms with Crippen LogP contribution < -0.4 is 5.56 Å². The first-order valence-electron chi connectivity index (χ1n) is 5.64. The van der Waals surface area contributed by atoms with Gasteiger partial charge in [-0.15, -0.1) is 0 Å². The van der Waals surface area contributed by atoms with E-state index in [0.29, 0.717) is 6.54 Å². The van der Waals surface area contributed by atoms with E-state index in [2.05, 4.69) is 21.0 Å². The van der Waals surface area contributed by atoms with Gasteiger partial charge < -0.3 is 0 Å². The lowest BCUT2D eigenvalue weighted by atomic mass is 10.2. The van der Waals surface area contributed by atoms with Gasteiger partial charge in [0.25, 0.3) is 5.56 Å². The first-order valence-corrected chi connectivity index (χ1v) is 6.44. The molecular formula is C13H15BrN2O. The number of benzene rings is 1. The van der Waals surface area contributed by atoms with Crippen molar-refractivity contribution in [3.05, 3.63) is 55.9 Å². The molecule has 0 aliphatic rings. The van der Waals surface area contributed by atoms with Crippen LogP contribution in [0.1, 0.15) is 23.7 Å². The Balaban J connectivity index is 2.30. The molecule has 2 rings (SSSR count). The molecule has 17 heavy (non-hydrogen) atoms. The maximum Gasteiger partial charge on any atom is 0.269 e. The second-order valence-corrected chi connectivity index (χ2v) is 5.00. The van der Waals surface area contributed by atoms with Gasteiger partial charge in [-0.05, 0) is 31.0 Å². The van der Waals surface area contributed by atoms with Crippen LogP contribution in [-0.2, 0) is 13.0 Å². The van der Waals surface area contributed by atoms with Gasteiger partial charge in [0.1, 0.15) is 0 Å². The van der Waals surface area contributed by atoms with Gasteiger partial charge in [-0.1, -0.05) is 35.0 Å². The van der Waals surface area contributed by atoms with E-state index in [1.54, 1.807) is 4.68 Å². The normalized spacial score (nSPS) is 10.8. The molecular weight excluding hydrogens is 280 g/mol. The van der Waals surface area contributed by atoms with Crippen molar-refractivity contribution in [2.45, 2.75) is 26.8 Å². The second kappa shape index (κ2) is 4.92. The van der Waals surface area contributed by atoms with Crippen molar-refractivity contribution in [2.75, 3.05) is 0 Å². The molecule has 0 bridgehead atoms. The Bertz CT molecular complexity index is 566. The molecule has 2 aromatic rings. The number of nitrogens with zero attached hydrogens (tertiary/aromatic N) is 1. The summed E-state index contributed by atoms with van der Waals surface area (Å²) in [7, 11) is 0. The summed E-state index contributed by atoms with van der Waals surface area (Å²) >= 11 is 3.40. The SMILES string of the molecule is CCc1[nH]n(Cc2ccc(Br)cc2)c(=O)c1C. The Hall–Kier alpha value is -1.29. The van der Waals surface area contributed by atoms with Crippen molar-refractivity contribution < 1.29 is 0 Å². The van der Waals surface area contributed by atoms with Gasteiger partial charge in [-0.2, -0.15) is 0 Å². The molecule has 0 aliphatic carbocycles. The van der Waals surface area contributed by atoms with E-state index in [9.17, 15) is 4.79 Å². The number of H-pyrrole nitrogens is 1. The number of halogens is 1. The van der Waals surface area contributed by atoms with Gasteiger partial charge in [0.15, 0.2) is 0 Å². The summed E-state index contributed by atoms with van der Waals surface area (Å²) in [4.78, 5) is 11.9. The molecule has 0 spiro atoms. The van der Waals surface area contributed by atoms with Crippen LogP contribution in [0.25, 0.3) is 0 Å². The lowest BCUT2D eigenvalue weighted by molar-refractivity contribution is 0.652. The molecule has 1 heterocycles. The second-order valence-electron chi connectivity index (χ2n) is 4.09. The zero-order valence-electron chi connectivity index (χ0n) is 9.96. The Morgan fingerprint density at radius 3 is 2.47 bits per heavy atom. The third-order valence-electron chi connectivity index (χ3n) is 2.90. The minimum absolute atomic E-state index is 0.0739. The zero-order valence-corrected chi connectivity index (χ0v) is 11.5. The van der Waals surface area contributed by atoms with Crippen molar-refractivity contribution in [3.63, 3.8) is 0 Å². The van der Waals surface area contributed by atoms with Crippen LogP contribution in [0.4, 0.5) is 0 Å². The highest BCUT2D eigenvalue weighted by Crippen LogP contribution is 2.11. The topological polar surface area (TPSA) is 37.8 Å². The number of nitrogens with one attached hydrogen (secondary N) is 1. The highest BCUT2D eigenvalue weighted by atomic mass is 79.9. The minimum Gasteiger partial charge on any atom is -0.299 e. The minimum atomic E-state index is 0.0739. The number of aromatic nitrogens is 2. The molecule has 4 heteroatoms.